The van der Waals surface area contributed by atoms with Crippen LogP contribution in [-0.2, 0) is 9.53 Å². The summed E-state index contributed by atoms with van der Waals surface area (Å²) in [5.74, 6) is -0.581. The molecular formula is C16H14FN5O3. The minimum Gasteiger partial charge on any atom is -0.442 e. The monoisotopic (exact) mass is 343 g/mol. The molecule has 8 nitrogen and oxygen atoms in total. The summed E-state index contributed by atoms with van der Waals surface area (Å²) in [4.78, 5) is 30.8. The van der Waals surface area contributed by atoms with Crippen LogP contribution in [0, 0.1) is 17.1 Å². The number of rotatable bonds is 4. The van der Waals surface area contributed by atoms with E-state index < -0.39 is 18.0 Å². The zero-order chi connectivity index (χ0) is 18.0. The van der Waals surface area contributed by atoms with Crippen molar-refractivity contribution >= 4 is 17.7 Å². The first kappa shape index (κ1) is 16.4. The van der Waals surface area contributed by atoms with Gasteiger partial charge in [0, 0.05) is 6.92 Å². The predicted molar refractivity (Wildman–Crippen MR) is 85.0 cm³/mol. The number of aromatic nitrogens is 2. The quantitative estimate of drug-likeness (QED) is 0.875. The fraction of sp³-hybridized carbons (Fsp3) is 0.250. The molecule has 2 aromatic rings. The van der Waals surface area contributed by atoms with Crippen molar-refractivity contribution in [3.05, 3.63) is 35.9 Å². The zero-order valence-electron chi connectivity index (χ0n) is 13.2. The molecule has 1 aliphatic rings. The van der Waals surface area contributed by atoms with Gasteiger partial charge in [0.25, 0.3) is 0 Å². The number of carbonyl (C=O) groups excluding carboxylic acids is 2. The van der Waals surface area contributed by atoms with Gasteiger partial charge in [-0.15, -0.1) is 0 Å². The Kier molecular flexibility index (Phi) is 4.35. The largest absolute Gasteiger partial charge is 0.442 e. The predicted octanol–water partition coefficient (Wildman–Crippen LogP) is 1.55. The number of aromatic amines is 1. The van der Waals surface area contributed by atoms with Crippen LogP contribution < -0.4 is 10.2 Å². The molecule has 2 N–H and O–H groups in total. The molecule has 1 aromatic carbocycles. The van der Waals surface area contributed by atoms with Crippen molar-refractivity contribution in [2.75, 3.05) is 18.0 Å². The third kappa shape index (κ3) is 3.42. The van der Waals surface area contributed by atoms with E-state index in [1.807, 2.05) is 6.07 Å². The molecule has 0 aliphatic carbocycles. The van der Waals surface area contributed by atoms with Crippen LogP contribution in [0.2, 0.25) is 0 Å². The van der Waals surface area contributed by atoms with Crippen molar-refractivity contribution in [3.63, 3.8) is 0 Å². The molecule has 3 rings (SSSR count). The summed E-state index contributed by atoms with van der Waals surface area (Å²) < 4.78 is 19.5. The average molecular weight is 343 g/mol. The van der Waals surface area contributed by atoms with E-state index >= 15 is 0 Å². The van der Waals surface area contributed by atoms with Gasteiger partial charge in [0.15, 0.2) is 0 Å². The number of halogens is 1. The van der Waals surface area contributed by atoms with Gasteiger partial charge in [0.05, 0.1) is 30.5 Å². The standard InChI is InChI=1S/C16H14FN5O3/c1-9(23)19-7-12-8-22(16(24)25-12)11-2-3-13(14(17)4-11)15-20-6-10(5-18)21-15/h2-4,6,12H,7-8H2,1H3,(H,19,23)(H,20,21)/t12-/m0/s1. The molecule has 1 fully saturated rings. The highest BCUT2D eigenvalue weighted by molar-refractivity contribution is 5.90. The van der Waals surface area contributed by atoms with Crippen LogP contribution in [0.4, 0.5) is 14.9 Å². The molecule has 0 saturated carbocycles. The fourth-order valence-electron chi connectivity index (χ4n) is 2.48. The van der Waals surface area contributed by atoms with Crippen LogP contribution in [0.1, 0.15) is 12.6 Å². The van der Waals surface area contributed by atoms with Gasteiger partial charge in [-0.05, 0) is 18.2 Å². The molecule has 0 radical (unpaired) electrons. The summed E-state index contributed by atoms with van der Waals surface area (Å²) in [5, 5.41) is 11.4. The smallest absolute Gasteiger partial charge is 0.414 e. The minimum absolute atomic E-state index is 0.188. The number of imidazole rings is 1. The van der Waals surface area contributed by atoms with Gasteiger partial charge >= 0.3 is 6.09 Å². The first-order valence-corrected chi connectivity index (χ1v) is 7.45. The van der Waals surface area contributed by atoms with Crippen molar-refractivity contribution in [2.45, 2.75) is 13.0 Å². The Morgan fingerprint density at radius 2 is 2.40 bits per heavy atom. The highest BCUT2D eigenvalue weighted by atomic mass is 19.1. The second kappa shape index (κ2) is 6.60. The number of carbonyl (C=O) groups is 2. The van der Waals surface area contributed by atoms with Gasteiger partial charge < -0.3 is 15.0 Å². The molecule has 9 heteroatoms. The number of hydrogen-bond acceptors (Lipinski definition) is 5. The Bertz CT molecular complexity index is 873. The van der Waals surface area contributed by atoms with E-state index in [1.165, 1.54) is 30.2 Å². The van der Waals surface area contributed by atoms with Crippen molar-refractivity contribution in [2.24, 2.45) is 0 Å². The summed E-state index contributed by atoms with van der Waals surface area (Å²) >= 11 is 0. The SMILES string of the molecule is CC(=O)NC[C@H]1CN(c2ccc(-c3ncc(C#N)[nH]3)c(F)c2)C(=O)O1. The number of H-pyrrole nitrogens is 1. The number of benzene rings is 1. The van der Waals surface area contributed by atoms with Crippen LogP contribution in [0.15, 0.2) is 24.4 Å². The molecule has 25 heavy (non-hydrogen) atoms. The summed E-state index contributed by atoms with van der Waals surface area (Å²) in [6.45, 7) is 1.77. The summed E-state index contributed by atoms with van der Waals surface area (Å²) in [6, 6.07) is 6.12. The molecule has 2 heterocycles. The van der Waals surface area contributed by atoms with E-state index in [9.17, 15) is 14.0 Å². The molecule has 128 valence electrons. The van der Waals surface area contributed by atoms with Crippen molar-refractivity contribution < 1.29 is 18.7 Å². The van der Waals surface area contributed by atoms with Crippen molar-refractivity contribution in [1.82, 2.24) is 15.3 Å². The molecule has 0 spiro atoms. The lowest BCUT2D eigenvalue weighted by atomic mass is 10.1. The number of cyclic esters (lactones) is 1. The fourth-order valence-corrected chi connectivity index (χ4v) is 2.48. The van der Waals surface area contributed by atoms with E-state index in [-0.39, 0.29) is 36.1 Å². The van der Waals surface area contributed by atoms with Crippen LogP contribution >= 0.6 is 0 Å². The van der Waals surface area contributed by atoms with E-state index in [2.05, 4.69) is 15.3 Å². The maximum absolute atomic E-state index is 14.4. The van der Waals surface area contributed by atoms with Crippen LogP contribution in [0.25, 0.3) is 11.4 Å². The average Bonchev–Trinajstić information content (AvgIpc) is 3.19. The summed E-state index contributed by atoms with van der Waals surface area (Å²) in [6.07, 6.45) is 0.210. The Balaban J connectivity index is 1.77. The van der Waals surface area contributed by atoms with Gasteiger partial charge in [0.2, 0.25) is 5.91 Å². The van der Waals surface area contributed by atoms with Crippen molar-refractivity contribution in [3.8, 4) is 17.5 Å². The lowest BCUT2D eigenvalue weighted by molar-refractivity contribution is -0.119. The topological polar surface area (TPSA) is 111 Å². The molecule has 1 aliphatic heterocycles. The van der Waals surface area contributed by atoms with Crippen LogP contribution in [0.5, 0.6) is 0 Å². The Labute approximate surface area is 142 Å². The first-order chi connectivity index (χ1) is 12.0. The maximum Gasteiger partial charge on any atom is 0.414 e. The molecular weight excluding hydrogens is 329 g/mol. The highest BCUT2D eigenvalue weighted by Crippen LogP contribution is 2.27. The van der Waals surface area contributed by atoms with Crippen molar-refractivity contribution in [1.29, 1.82) is 5.26 Å². The van der Waals surface area contributed by atoms with Gasteiger partial charge in [0.1, 0.15) is 29.5 Å². The lowest BCUT2D eigenvalue weighted by Crippen LogP contribution is -2.33. The van der Waals surface area contributed by atoms with Gasteiger partial charge in [-0.1, -0.05) is 0 Å². The van der Waals surface area contributed by atoms with E-state index in [1.54, 1.807) is 6.07 Å². The third-order valence-electron chi connectivity index (χ3n) is 3.67. The number of hydrogen-bond donors (Lipinski definition) is 2. The molecule has 0 bridgehead atoms. The second-order valence-corrected chi connectivity index (χ2v) is 5.47. The van der Waals surface area contributed by atoms with Crippen LogP contribution in [-0.4, -0.2) is 41.2 Å². The highest BCUT2D eigenvalue weighted by Gasteiger charge is 2.32. The number of nitriles is 1. The van der Waals surface area contributed by atoms with E-state index in [0.29, 0.717) is 5.69 Å². The Morgan fingerprint density at radius 3 is 3.04 bits per heavy atom. The molecule has 1 saturated heterocycles. The number of nitrogens with one attached hydrogen (secondary N) is 2. The molecule has 0 unspecified atom stereocenters. The number of amides is 2. The Morgan fingerprint density at radius 1 is 1.60 bits per heavy atom. The summed E-state index contributed by atoms with van der Waals surface area (Å²) in [7, 11) is 0. The zero-order valence-corrected chi connectivity index (χ0v) is 13.2. The van der Waals surface area contributed by atoms with Gasteiger partial charge in [-0.2, -0.15) is 5.26 Å². The second-order valence-electron chi connectivity index (χ2n) is 5.47. The number of ether oxygens (including phenoxy) is 1. The third-order valence-corrected chi connectivity index (χ3v) is 3.67. The summed E-state index contributed by atoms with van der Waals surface area (Å²) in [5.41, 5.74) is 0.749. The van der Waals surface area contributed by atoms with Crippen LogP contribution in [0.3, 0.4) is 0 Å². The number of anilines is 1. The normalized spacial score (nSPS) is 16.4. The maximum atomic E-state index is 14.4. The Hall–Kier alpha value is -3.41. The molecule has 2 amide bonds. The lowest BCUT2D eigenvalue weighted by Gasteiger charge is -2.14. The minimum atomic E-state index is -0.604. The molecule has 1 aromatic heterocycles. The molecule has 1 atom stereocenters. The van der Waals surface area contributed by atoms with Gasteiger partial charge in [-0.25, -0.2) is 14.2 Å². The van der Waals surface area contributed by atoms with E-state index in [0.717, 1.165) is 0 Å². The first-order valence-electron chi connectivity index (χ1n) is 7.45. The number of nitrogens with zero attached hydrogens (tertiary/aromatic N) is 3. The van der Waals surface area contributed by atoms with Gasteiger partial charge in [-0.3, -0.25) is 9.69 Å². The van der Waals surface area contributed by atoms with E-state index in [4.69, 9.17) is 10.00 Å².